The molecule has 0 aromatic heterocycles. The Labute approximate surface area is 121 Å². The van der Waals surface area contributed by atoms with Crippen LogP contribution in [0, 0.1) is 15.9 Å². The number of ether oxygens (including phenoxy) is 2. The molecule has 0 unspecified atom stereocenters. The van der Waals surface area contributed by atoms with E-state index < -0.39 is 22.3 Å². The van der Waals surface area contributed by atoms with Crippen LogP contribution in [-0.4, -0.2) is 56.3 Å². The first-order valence-corrected chi connectivity index (χ1v) is 6.22. The quantitative estimate of drug-likeness (QED) is 0.536. The molecule has 0 aliphatic rings. The number of nitrogens with zero attached hydrogens (tertiary/aromatic N) is 2. The summed E-state index contributed by atoms with van der Waals surface area (Å²) in [6.07, 6.45) is 0. The smallest absolute Gasteiger partial charge is 0.305 e. The first kappa shape index (κ1) is 17.0. The molecule has 0 saturated carbocycles. The highest BCUT2D eigenvalue weighted by molar-refractivity contribution is 5.94. The maximum Gasteiger partial charge on any atom is 0.305 e. The minimum Gasteiger partial charge on any atom is -0.383 e. The number of amides is 1. The molecule has 0 radical (unpaired) electrons. The monoisotopic (exact) mass is 300 g/mol. The van der Waals surface area contributed by atoms with E-state index >= 15 is 0 Å². The summed E-state index contributed by atoms with van der Waals surface area (Å²) in [5, 5.41) is 10.7. The number of nitro benzene ring substituents is 1. The molecule has 1 rings (SSSR count). The standard InChI is InChI=1S/C13H17FN2O5/c1-20-7-5-15(6-8-21-2)13(17)10-3-4-11(14)12(9-10)16(18)19/h3-4,9H,5-8H2,1-2H3. The summed E-state index contributed by atoms with van der Waals surface area (Å²) in [4.78, 5) is 23.6. The third-order valence-electron chi connectivity index (χ3n) is 2.81. The van der Waals surface area contributed by atoms with Crippen molar-refractivity contribution < 1.29 is 23.6 Å². The lowest BCUT2D eigenvalue weighted by Gasteiger charge is -2.22. The zero-order chi connectivity index (χ0) is 15.8. The molecule has 0 fully saturated rings. The van der Waals surface area contributed by atoms with Crippen LogP contribution in [0.2, 0.25) is 0 Å². The summed E-state index contributed by atoms with van der Waals surface area (Å²) < 4.78 is 23.1. The molecular formula is C13H17FN2O5. The van der Waals surface area contributed by atoms with E-state index in [1.165, 1.54) is 25.2 Å². The van der Waals surface area contributed by atoms with Crippen LogP contribution >= 0.6 is 0 Å². The van der Waals surface area contributed by atoms with Crippen molar-refractivity contribution in [2.24, 2.45) is 0 Å². The number of nitro groups is 1. The van der Waals surface area contributed by atoms with Gasteiger partial charge in [-0.15, -0.1) is 0 Å². The molecule has 0 atom stereocenters. The van der Waals surface area contributed by atoms with Gasteiger partial charge in [0.05, 0.1) is 18.1 Å². The first-order chi connectivity index (χ1) is 10.0. The Bertz CT molecular complexity index is 501. The summed E-state index contributed by atoms with van der Waals surface area (Å²) in [6, 6.07) is 3.07. The molecule has 8 heteroatoms. The summed E-state index contributed by atoms with van der Waals surface area (Å²) >= 11 is 0. The Balaban J connectivity index is 2.96. The van der Waals surface area contributed by atoms with Crippen molar-refractivity contribution in [2.75, 3.05) is 40.5 Å². The minimum atomic E-state index is -0.975. The van der Waals surface area contributed by atoms with Crippen LogP contribution in [0.3, 0.4) is 0 Å². The van der Waals surface area contributed by atoms with E-state index in [-0.39, 0.29) is 5.56 Å². The Hall–Kier alpha value is -2.06. The highest BCUT2D eigenvalue weighted by Crippen LogP contribution is 2.19. The van der Waals surface area contributed by atoms with Gasteiger partial charge in [0.2, 0.25) is 5.82 Å². The van der Waals surface area contributed by atoms with Crippen molar-refractivity contribution in [1.82, 2.24) is 4.90 Å². The lowest BCUT2D eigenvalue weighted by atomic mass is 10.1. The number of methoxy groups -OCH3 is 2. The van der Waals surface area contributed by atoms with Crippen molar-refractivity contribution in [3.05, 3.63) is 39.7 Å². The van der Waals surface area contributed by atoms with Gasteiger partial charge in [0.15, 0.2) is 0 Å². The van der Waals surface area contributed by atoms with Gasteiger partial charge in [-0.25, -0.2) is 0 Å². The molecule has 0 spiro atoms. The van der Waals surface area contributed by atoms with Gasteiger partial charge in [-0.3, -0.25) is 14.9 Å². The Kier molecular flexibility index (Phi) is 6.70. The number of carbonyl (C=O) groups excluding carboxylic acids is 1. The summed E-state index contributed by atoms with van der Waals surface area (Å²) in [7, 11) is 3.00. The van der Waals surface area contributed by atoms with E-state index in [0.29, 0.717) is 26.3 Å². The van der Waals surface area contributed by atoms with Crippen molar-refractivity contribution in [1.29, 1.82) is 0 Å². The molecule has 1 amide bonds. The minimum absolute atomic E-state index is 0.0512. The molecule has 0 aliphatic heterocycles. The molecule has 1 aromatic rings. The molecule has 0 heterocycles. The van der Waals surface area contributed by atoms with E-state index in [9.17, 15) is 19.3 Å². The molecule has 0 N–H and O–H groups in total. The normalized spacial score (nSPS) is 10.4. The SMILES string of the molecule is COCCN(CCOC)C(=O)c1ccc(F)c([N+](=O)[O-])c1. The summed E-state index contributed by atoms with van der Waals surface area (Å²) in [5.74, 6) is -1.41. The Morgan fingerprint density at radius 2 is 1.86 bits per heavy atom. The second-order valence-electron chi connectivity index (χ2n) is 4.20. The fourth-order valence-electron chi connectivity index (χ4n) is 1.69. The molecule has 21 heavy (non-hydrogen) atoms. The van der Waals surface area contributed by atoms with Crippen molar-refractivity contribution in [3.8, 4) is 0 Å². The molecule has 116 valence electrons. The zero-order valence-electron chi connectivity index (χ0n) is 11.9. The Morgan fingerprint density at radius 1 is 1.29 bits per heavy atom. The number of carbonyl (C=O) groups is 1. The Morgan fingerprint density at radius 3 is 2.33 bits per heavy atom. The maximum atomic E-state index is 13.3. The molecule has 1 aromatic carbocycles. The molecule has 0 bridgehead atoms. The van der Waals surface area contributed by atoms with Crippen molar-refractivity contribution in [2.45, 2.75) is 0 Å². The van der Waals surface area contributed by atoms with Gasteiger partial charge < -0.3 is 14.4 Å². The van der Waals surface area contributed by atoms with Crippen LogP contribution in [0.1, 0.15) is 10.4 Å². The third-order valence-corrected chi connectivity index (χ3v) is 2.81. The van der Waals surface area contributed by atoms with Crippen molar-refractivity contribution >= 4 is 11.6 Å². The topological polar surface area (TPSA) is 81.9 Å². The van der Waals surface area contributed by atoms with Crippen LogP contribution in [0.5, 0.6) is 0 Å². The van der Waals surface area contributed by atoms with E-state index in [1.54, 1.807) is 0 Å². The van der Waals surface area contributed by atoms with Crippen LogP contribution in [0.15, 0.2) is 18.2 Å². The first-order valence-electron chi connectivity index (χ1n) is 6.22. The van der Waals surface area contributed by atoms with Crippen LogP contribution in [0.25, 0.3) is 0 Å². The highest BCUT2D eigenvalue weighted by atomic mass is 19.1. The largest absolute Gasteiger partial charge is 0.383 e. The van der Waals surface area contributed by atoms with Gasteiger partial charge in [0, 0.05) is 38.9 Å². The van der Waals surface area contributed by atoms with Crippen LogP contribution in [-0.2, 0) is 9.47 Å². The van der Waals surface area contributed by atoms with Gasteiger partial charge in [0.1, 0.15) is 0 Å². The van der Waals surface area contributed by atoms with E-state index in [0.717, 1.165) is 12.1 Å². The highest BCUT2D eigenvalue weighted by Gasteiger charge is 2.21. The second-order valence-corrected chi connectivity index (χ2v) is 4.20. The maximum absolute atomic E-state index is 13.3. The van der Waals surface area contributed by atoms with E-state index in [2.05, 4.69) is 0 Å². The van der Waals surface area contributed by atoms with Gasteiger partial charge in [-0.2, -0.15) is 4.39 Å². The summed E-state index contributed by atoms with van der Waals surface area (Å²) in [5.41, 5.74) is -0.672. The zero-order valence-corrected chi connectivity index (χ0v) is 11.9. The third kappa shape index (κ3) is 4.76. The van der Waals surface area contributed by atoms with Gasteiger partial charge in [-0.05, 0) is 12.1 Å². The molecule has 7 nitrogen and oxygen atoms in total. The summed E-state index contributed by atoms with van der Waals surface area (Å²) in [6.45, 7) is 1.26. The van der Waals surface area contributed by atoms with Crippen LogP contribution < -0.4 is 0 Å². The number of benzene rings is 1. The number of hydrogen-bond acceptors (Lipinski definition) is 5. The van der Waals surface area contributed by atoms with Crippen molar-refractivity contribution in [3.63, 3.8) is 0 Å². The fraction of sp³-hybridized carbons (Fsp3) is 0.462. The molecule has 0 saturated heterocycles. The van der Waals surface area contributed by atoms with Gasteiger partial charge in [-0.1, -0.05) is 0 Å². The number of rotatable bonds is 8. The lowest BCUT2D eigenvalue weighted by Crippen LogP contribution is -2.36. The van der Waals surface area contributed by atoms with Gasteiger partial charge in [0.25, 0.3) is 5.91 Å². The number of halogens is 1. The second kappa shape index (κ2) is 8.28. The van der Waals surface area contributed by atoms with E-state index in [4.69, 9.17) is 9.47 Å². The average Bonchev–Trinajstić information content (AvgIpc) is 2.47. The predicted octanol–water partition coefficient (Wildman–Crippen LogP) is 1.47. The lowest BCUT2D eigenvalue weighted by molar-refractivity contribution is -0.387. The molecular weight excluding hydrogens is 283 g/mol. The molecule has 0 aliphatic carbocycles. The fourth-order valence-corrected chi connectivity index (χ4v) is 1.69. The number of hydrogen-bond donors (Lipinski definition) is 0. The van der Waals surface area contributed by atoms with Gasteiger partial charge >= 0.3 is 5.69 Å². The predicted molar refractivity (Wildman–Crippen MR) is 72.7 cm³/mol. The van der Waals surface area contributed by atoms with Crippen LogP contribution in [0.4, 0.5) is 10.1 Å². The van der Waals surface area contributed by atoms with E-state index in [1.807, 2.05) is 0 Å². The average molecular weight is 300 g/mol.